The number of hydrogen-bond acceptors (Lipinski definition) is 1. The fourth-order valence-electron chi connectivity index (χ4n) is 2.49. The number of halogens is 2. The second-order valence-electron chi connectivity index (χ2n) is 5.23. The Balaban J connectivity index is 1.99. The minimum atomic E-state index is -0.434. The molecular weight excluding hydrogens is 296 g/mol. The lowest BCUT2D eigenvalue weighted by Crippen LogP contribution is -2.12. The Bertz CT molecular complexity index is 717. The van der Waals surface area contributed by atoms with Crippen molar-refractivity contribution in [1.29, 1.82) is 0 Å². The van der Waals surface area contributed by atoms with Gasteiger partial charge in [0.2, 0.25) is 0 Å². The quantitative estimate of drug-likeness (QED) is 0.650. The van der Waals surface area contributed by atoms with Gasteiger partial charge in [-0.3, -0.25) is 0 Å². The third-order valence-corrected chi connectivity index (χ3v) is 3.71. The van der Waals surface area contributed by atoms with E-state index < -0.39 is 6.10 Å². The van der Waals surface area contributed by atoms with Gasteiger partial charge in [-0.05, 0) is 54.4 Å². The van der Waals surface area contributed by atoms with Crippen LogP contribution in [0.5, 0.6) is 5.88 Å². The summed E-state index contributed by atoms with van der Waals surface area (Å²) in [6, 6.07) is 16.1. The van der Waals surface area contributed by atoms with Gasteiger partial charge in [-0.15, -0.1) is 0 Å². The van der Waals surface area contributed by atoms with Gasteiger partial charge in [0, 0.05) is 12.7 Å². The molecule has 0 saturated heterocycles. The monoisotopic (exact) mass is 313 g/mol. The van der Waals surface area contributed by atoms with Gasteiger partial charge in [-0.25, -0.2) is 8.78 Å². The maximum Gasteiger partial charge on any atom is 0.194 e. The number of nitrogens with zero attached hydrogens (tertiary/aromatic N) is 1. The Hall–Kier alpha value is -2.62. The molecule has 0 unspecified atom stereocenters. The molecule has 2 aromatic carbocycles. The molecule has 4 heteroatoms. The molecule has 3 aromatic rings. The Morgan fingerprint density at radius 3 is 1.87 bits per heavy atom. The zero-order chi connectivity index (χ0) is 16.2. The number of rotatable bonds is 5. The van der Waals surface area contributed by atoms with Gasteiger partial charge < -0.3 is 9.30 Å². The van der Waals surface area contributed by atoms with E-state index in [-0.39, 0.29) is 11.6 Å². The van der Waals surface area contributed by atoms with E-state index in [4.69, 9.17) is 4.74 Å². The van der Waals surface area contributed by atoms with Gasteiger partial charge in [0.05, 0.1) is 0 Å². The van der Waals surface area contributed by atoms with E-state index in [0.29, 0.717) is 5.88 Å². The smallest absolute Gasteiger partial charge is 0.194 e. The average Bonchev–Trinajstić information content (AvgIpc) is 3.02. The van der Waals surface area contributed by atoms with E-state index in [9.17, 15) is 8.78 Å². The van der Waals surface area contributed by atoms with Crippen molar-refractivity contribution in [3.05, 3.63) is 89.6 Å². The topological polar surface area (TPSA) is 14.2 Å². The van der Waals surface area contributed by atoms with Crippen LogP contribution in [0.4, 0.5) is 8.78 Å². The SMILES string of the molecule is CCn1cccc1OC(c1ccc(F)cc1)c1ccc(F)cc1. The van der Waals surface area contributed by atoms with Crippen molar-refractivity contribution >= 4 is 0 Å². The fraction of sp³-hybridized carbons (Fsp3) is 0.158. The Morgan fingerprint density at radius 1 is 0.870 bits per heavy atom. The van der Waals surface area contributed by atoms with E-state index in [1.165, 1.54) is 24.3 Å². The first kappa shape index (κ1) is 15.3. The molecule has 0 aliphatic rings. The van der Waals surface area contributed by atoms with Crippen LogP contribution >= 0.6 is 0 Å². The van der Waals surface area contributed by atoms with Gasteiger partial charge >= 0.3 is 0 Å². The first-order valence-corrected chi connectivity index (χ1v) is 7.50. The van der Waals surface area contributed by atoms with Crippen molar-refractivity contribution in [1.82, 2.24) is 4.57 Å². The van der Waals surface area contributed by atoms with E-state index in [1.54, 1.807) is 24.3 Å². The second-order valence-corrected chi connectivity index (χ2v) is 5.23. The van der Waals surface area contributed by atoms with Crippen LogP contribution in [0.15, 0.2) is 66.9 Å². The summed E-state index contributed by atoms with van der Waals surface area (Å²) in [6.45, 7) is 2.81. The van der Waals surface area contributed by atoms with E-state index >= 15 is 0 Å². The summed E-state index contributed by atoms with van der Waals surface area (Å²) in [5.74, 6) is 0.109. The summed E-state index contributed by atoms with van der Waals surface area (Å²) < 4.78 is 34.5. The number of hydrogen-bond donors (Lipinski definition) is 0. The molecular formula is C19H17F2NO. The summed E-state index contributed by atoms with van der Waals surface area (Å²) in [5, 5.41) is 0. The molecule has 0 saturated carbocycles. The van der Waals surface area contributed by atoms with Gasteiger partial charge in [-0.1, -0.05) is 24.3 Å². The normalized spacial score (nSPS) is 11.0. The third kappa shape index (κ3) is 3.42. The molecule has 0 fully saturated rings. The summed E-state index contributed by atoms with van der Waals surface area (Å²) in [5.41, 5.74) is 1.61. The first-order chi connectivity index (χ1) is 11.2. The van der Waals surface area contributed by atoms with Crippen molar-refractivity contribution in [3.8, 4) is 5.88 Å². The summed E-state index contributed by atoms with van der Waals surface area (Å²) in [7, 11) is 0. The maximum atomic E-state index is 13.2. The van der Waals surface area contributed by atoms with Gasteiger partial charge in [0.1, 0.15) is 11.6 Å². The standard InChI is InChI=1S/C19H17F2NO/c1-2-22-13-3-4-18(22)23-19(14-5-9-16(20)10-6-14)15-7-11-17(21)12-8-15/h3-13,19H,2H2,1H3. The number of aryl methyl sites for hydroxylation is 1. The van der Waals surface area contributed by atoms with Gasteiger partial charge in [0.25, 0.3) is 0 Å². The first-order valence-electron chi connectivity index (χ1n) is 7.50. The van der Waals surface area contributed by atoms with Crippen LogP contribution in [-0.4, -0.2) is 4.57 Å². The maximum absolute atomic E-state index is 13.2. The Morgan fingerprint density at radius 2 is 1.39 bits per heavy atom. The van der Waals surface area contributed by atoms with Crippen LogP contribution in [0, 0.1) is 11.6 Å². The highest BCUT2D eigenvalue weighted by Crippen LogP contribution is 2.29. The van der Waals surface area contributed by atoms with Crippen LogP contribution in [0.1, 0.15) is 24.2 Å². The Labute approximate surface area is 134 Å². The van der Waals surface area contributed by atoms with Gasteiger partial charge in [0.15, 0.2) is 12.0 Å². The molecule has 0 amide bonds. The summed E-state index contributed by atoms with van der Waals surface area (Å²) in [4.78, 5) is 0. The Kier molecular flexibility index (Phi) is 4.42. The molecule has 1 aromatic heterocycles. The third-order valence-electron chi connectivity index (χ3n) is 3.71. The van der Waals surface area contributed by atoms with E-state index in [2.05, 4.69) is 0 Å². The molecule has 3 rings (SSSR count). The van der Waals surface area contributed by atoms with Crippen molar-refractivity contribution < 1.29 is 13.5 Å². The van der Waals surface area contributed by atoms with Crippen molar-refractivity contribution in [2.24, 2.45) is 0 Å². The summed E-state index contributed by atoms with van der Waals surface area (Å²) in [6.07, 6.45) is 1.50. The lowest BCUT2D eigenvalue weighted by atomic mass is 10.0. The number of benzene rings is 2. The highest BCUT2D eigenvalue weighted by atomic mass is 19.1. The minimum absolute atomic E-state index is 0.302. The number of ether oxygens (including phenoxy) is 1. The van der Waals surface area contributed by atoms with Gasteiger partial charge in [-0.2, -0.15) is 0 Å². The molecule has 0 spiro atoms. The molecule has 118 valence electrons. The minimum Gasteiger partial charge on any atom is -0.466 e. The summed E-state index contributed by atoms with van der Waals surface area (Å²) >= 11 is 0. The molecule has 0 N–H and O–H groups in total. The van der Waals surface area contributed by atoms with Crippen LogP contribution in [0.25, 0.3) is 0 Å². The highest BCUT2D eigenvalue weighted by molar-refractivity contribution is 5.32. The number of aromatic nitrogens is 1. The average molecular weight is 313 g/mol. The van der Waals surface area contributed by atoms with Crippen molar-refractivity contribution in [2.75, 3.05) is 0 Å². The van der Waals surface area contributed by atoms with Crippen LogP contribution < -0.4 is 4.74 Å². The van der Waals surface area contributed by atoms with E-state index in [1.807, 2.05) is 29.8 Å². The molecule has 0 aliphatic carbocycles. The predicted octanol–water partition coefficient (Wildman–Crippen LogP) is 4.95. The molecule has 1 heterocycles. The van der Waals surface area contributed by atoms with E-state index in [0.717, 1.165) is 17.7 Å². The highest BCUT2D eigenvalue weighted by Gasteiger charge is 2.18. The molecule has 2 nitrogen and oxygen atoms in total. The lowest BCUT2D eigenvalue weighted by Gasteiger charge is -2.21. The van der Waals surface area contributed by atoms with Crippen LogP contribution in [-0.2, 0) is 6.54 Å². The second kappa shape index (κ2) is 6.65. The lowest BCUT2D eigenvalue weighted by molar-refractivity contribution is 0.226. The molecule has 0 aliphatic heterocycles. The molecule has 0 atom stereocenters. The van der Waals surface area contributed by atoms with Crippen LogP contribution in [0.3, 0.4) is 0 Å². The fourth-order valence-corrected chi connectivity index (χ4v) is 2.49. The molecule has 0 radical (unpaired) electrons. The zero-order valence-corrected chi connectivity index (χ0v) is 12.7. The van der Waals surface area contributed by atoms with Crippen LogP contribution in [0.2, 0.25) is 0 Å². The van der Waals surface area contributed by atoms with Crippen molar-refractivity contribution in [3.63, 3.8) is 0 Å². The molecule has 23 heavy (non-hydrogen) atoms. The molecule has 0 bridgehead atoms. The predicted molar refractivity (Wildman–Crippen MR) is 85.4 cm³/mol. The largest absolute Gasteiger partial charge is 0.466 e. The van der Waals surface area contributed by atoms with Crippen molar-refractivity contribution in [2.45, 2.75) is 19.6 Å². The zero-order valence-electron chi connectivity index (χ0n) is 12.7.